The standard InChI is InChI=1S/C23H23NO4S/c1-15-4-12-22(29-15)20(25)10-13-23(26)24-17-7-11-21(28-3)19(14-17)16-5-8-18(27-2)9-6-16/h4-9,11-12,14H,10,13H2,1-3H3,(H,24,26). The number of Topliss-reactive ketones (excluding diaryl/α,β-unsaturated/α-hetero) is 1. The van der Waals surface area contributed by atoms with E-state index < -0.39 is 0 Å². The van der Waals surface area contributed by atoms with E-state index in [0.717, 1.165) is 21.8 Å². The van der Waals surface area contributed by atoms with E-state index in [-0.39, 0.29) is 24.5 Å². The van der Waals surface area contributed by atoms with Gasteiger partial charge in [0, 0.05) is 29.0 Å². The van der Waals surface area contributed by atoms with Gasteiger partial charge in [0.2, 0.25) is 5.91 Å². The van der Waals surface area contributed by atoms with Crippen LogP contribution in [-0.4, -0.2) is 25.9 Å². The first kappa shape index (κ1) is 20.6. The molecule has 0 saturated carbocycles. The van der Waals surface area contributed by atoms with Gasteiger partial charge in [0.05, 0.1) is 19.1 Å². The fraction of sp³-hybridized carbons (Fsp3) is 0.217. The Morgan fingerprint density at radius 2 is 1.69 bits per heavy atom. The van der Waals surface area contributed by atoms with Crippen LogP contribution in [0.5, 0.6) is 11.5 Å². The molecule has 1 aromatic heterocycles. The van der Waals surface area contributed by atoms with Crippen LogP contribution in [0, 0.1) is 6.92 Å². The van der Waals surface area contributed by atoms with Crippen molar-refractivity contribution in [2.75, 3.05) is 19.5 Å². The number of amides is 1. The molecule has 5 nitrogen and oxygen atoms in total. The van der Waals surface area contributed by atoms with Crippen molar-refractivity contribution < 1.29 is 19.1 Å². The number of rotatable bonds is 8. The highest BCUT2D eigenvalue weighted by Crippen LogP contribution is 2.33. The summed E-state index contributed by atoms with van der Waals surface area (Å²) in [7, 11) is 3.23. The second-order valence-corrected chi connectivity index (χ2v) is 7.81. The van der Waals surface area contributed by atoms with Gasteiger partial charge in [-0.05, 0) is 55.0 Å². The van der Waals surface area contributed by atoms with Crippen LogP contribution < -0.4 is 14.8 Å². The average Bonchev–Trinajstić information content (AvgIpc) is 3.18. The van der Waals surface area contributed by atoms with Gasteiger partial charge in [-0.15, -0.1) is 11.3 Å². The van der Waals surface area contributed by atoms with Crippen molar-refractivity contribution in [2.45, 2.75) is 19.8 Å². The van der Waals surface area contributed by atoms with Crippen LogP contribution in [0.25, 0.3) is 11.1 Å². The first-order chi connectivity index (χ1) is 14.0. The zero-order chi connectivity index (χ0) is 20.8. The van der Waals surface area contributed by atoms with Gasteiger partial charge in [0.1, 0.15) is 11.5 Å². The SMILES string of the molecule is COc1ccc(-c2cc(NC(=O)CCC(=O)c3ccc(C)s3)ccc2OC)cc1. The number of nitrogens with one attached hydrogen (secondary N) is 1. The number of carbonyl (C=O) groups is 2. The third kappa shape index (κ3) is 5.23. The molecule has 0 aliphatic carbocycles. The molecule has 0 atom stereocenters. The zero-order valence-corrected chi connectivity index (χ0v) is 17.5. The maximum atomic E-state index is 12.3. The van der Waals surface area contributed by atoms with E-state index in [2.05, 4.69) is 5.32 Å². The first-order valence-electron chi connectivity index (χ1n) is 9.22. The summed E-state index contributed by atoms with van der Waals surface area (Å²) in [5.41, 5.74) is 2.46. The molecule has 29 heavy (non-hydrogen) atoms. The summed E-state index contributed by atoms with van der Waals surface area (Å²) >= 11 is 1.45. The second kappa shape index (κ2) is 9.39. The number of methoxy groups -OCH3 is 2. The number of carbonyl (C=O) groups excluding carboxylic acids is 2. The lowest BCUT2D eigenvalue weighted by atomic mass is 10.0. The second-order valence-electron chi connectivity index (χ2n) is 6.53. The molecule has 0 aliphatic heterocycles. The summed E-state index contributed by atoms with van der Waals surface area (Å²) in [6.07, 6.45) is 0.326. The van der Waals surface area contributed by atoms with Crippen LogP contribution >= 0.6 is 11.3 Å². The molecular formula is C23H23NO4S. The van der Waals surface area contributed by atoms with Crippen LogP contribution in [0.1, 0.15) is 27.4 Å². The molecule has 1 amide bonds. The smallest absolute Gasteiger partial charge is 0.224 e. The van der Waals surface area contributed by atoms with Gasteiger partial charge < -0.3 is 14.8 Å². The van der Waals surface area contributed by atoms with Crippen LogP contribution in [0.4, 0.5) is 5.69 Å². The minimum absolute atomic E-state index is 0.00750. The largest absolute Gasteiger partial charge is 0.497 e. The van der Waals surface area contributed by atoms with Gasteiger partial charge in [-0.2, -0.15) is 0 Å². The van der Waals surface area contributed by atoms with E-state index in [1.165, 1.54) is 11.3 Å². The van der Waals surface area contributed by atoms with E-state index in [0.29, 0.717) is 16.3 Å². The molecule has 0 aliphatic rings. The van der Waals surface area contributed by atoms with Gasteiger partial charge in [-0.1, -0.05) is 12.1 Å². The predicted octanol–water partition coefficient (Wildman–Crippen LogP) is 5.34. The number of thiophene rings is 1. The molecular weight excluding hydrogens is 386 g/mol. The summed E-state index contributed by atoms with van der Waals surface area (Å²) in [5.74, 6) is 1.27. The number of ether oxygens (including phenoxy) is 2. The predicted molar refractivity (Wildman–Crippen MR) is 116 cm³/mol. The maximum Gasteiger partial charge on any atom is 0.224 e. The Hall–Kier alpha value is -3.12. The van der Waals surface area contributed by atoms with Gasteiger partial charge in [0.15, 0.2) is 5.78 Å². The molecule has 1 N–H and O–H groups in total. The monoisotopic (exact) mass is 409 g/mol. The first-order valence-corrected chi connectivity index (χ1v) is 10.0. The minimum atomic E-state index is -0.197. The van der Waals surface area contributed by atoms with E-state index >= 15 is 0 Å². The summed E-state index contributed by atoms with van der Waals surface area (Å²) in [4.78, 5) is 26.3. The topological polar surface area (TPSA) is 64.6 Å². The molecule has 0 fully saturated rings. The molecule has 0 bridgehead atoms. The van der Waals surface area contributed by atoms with Crippen molar-refractivity contribution in [3.8, 4) is 22.6 Å². The van der Waals surface area contributed by atoms with Gasteiger partial charge >= 0.3 is 0 Å². The molecule has 3 rings (SSSR count). The molecule has 1 heterocycles. The van der Waals surface area contributed by atoms with E-state index in [4.69, 9.17) is 9.47 Å². The highest BCUT2D eigenvalue weighted by molar-refractivity contribution is 7.14. The van der Waals surface area contributed by atoms with Crippen molar-refractivity contribution in [1.29, 1.82) is 0 Å². The molecule has 2 aromatic carbocycles. The van der Waals surface area contributed by atoms with Gasteiger partial charge in [-0.25, -0.2) is 0 Å². The van der Waals surface area contributed by atoms with Crippen molar-refractivity contribution in [1.82, 2.24) is 0 Å². The Morgan fingerprint density at radius 3 is 2.31 bits per heavy atom. The van der Waals surface area contributed by atoms with E-state index in [1.807, 2.05) is 55.5 Å². The molecule has 0 saturated heterocycles. The zero-order valence-electron chi connectivity index (χ0n) is 16.7. The van der Waals surface area contributed by atoms with Crippen molar-refractivity contribution >= 4 is 28.7 Å². The average molecular weight is 410 g/mol. The Balaban J connectivity index is 1.68. The number of ketones is 1. The van der Waals surface area contributed by atoms with E-state index in [9.17, 15) is 9.59 Å². The Morgan fingerprint density at radius 1 is 0.931 bits per heavy atom. The molecule has 150 valence electrons. The van der Waals surface area contributed by atoms with Gasteiger partial charge in [-0.3, -0.25) is 9.59 Å². The summed E-state index contributed by atoms with van der Waals surface area (Å²) < 4.78 is 10.7. The number of hydrogen-bond acceptors (Lipinski definition) is 5. The third-order valence-corrected chi connectivity index (χ3v) is 5.52. The van der Waals surface area contributed by atoms with Crippen LogP contribution in [-0.2, 0) is 4.79 Å². The number of hydrogen-bond donors (Lipinski definition) is 1. The third-order valence-electron chi connectivity index (χ3n) is 4.48. The normalized spacial score (nSPS) is 10.4. The van der Waals surface area contributed by atoms with Crippen molar-refractivity contribution in [3.63, 3.8) is 0 Å². The molecule has 0 radical (unpaired) electrons. The lowest BCUT2D eigenvalue weighted by Crippen LogP contribution is -2.13. The summed E-state index contributed by atoms with van der Waals surface area (Å²) in [6, 6.07) is 16.8. The number of anilines is 1. The molecule has 3 aromatic rings. The molecule has 0 spiro atoms. The minimum Gasteiger partial charge on any atom is -0.497 e. The van der Waals surface area contributed by atoms with E-state index in [1.54, 1.807) is 20.3 Å². The number of benzene rings is 2. The number of aryl methyl sites for hydroxylation is 1. The highest BCUT2D eigenvalue weighted by Gasteiger charge is 2.13. The van der Waals surface area contributed by atoms with Crippen LogP contribution in [0.3, 0.4) is 0 Å². The van der Waals surface area contributed by atoms with Crippen LogP contribution in [0.2, 0.25) is 0 Å². The Bertz CT molecular complexity index is 1010. The fourth-order valence-corrected chi connectivity index (χ4v) is 3.77. The van der Waals surface area contributed by atoms with Crippen LogP contribution in [0.15, 0.2) is 54.6 Å². The quantitative estimate of drug-likeness (QED) is 0.510. The molecule has 6 heteroatoms. The van der Waals surface area contributed by atoms with Crippen molar-refractivity contribution in [3.05, 3.63) is 64.4 Å². The molecule has 0 unspecified atom stereocenters. The lowest BCUT2D eigenvalue weighted by Gasteiger charge is -2.12. The highest BCUT2D eigenvalue weighted by atomic mass is 32.1. The Labute approximate surface area is 174 Å². The fourth-order valence-electron chi connectivity index (χ4n) is 2.94. The van der Waals surface area contributed by atoms with Crippen molar-refractivity contribution in [2.24, 2.45) is 0 Å². The summed E-state index contributed by atoms with van der Waals surface area (Å²) in [5, 5.41) is 2.87. The Kier molecular flexibility index (Phi) is 6.67. The maximum absolute atomic E-state index is 12.3. The summed E-state index contributed by atoms with van der Waals surface area (Å²) in [6.45, 7) is 1.96. The lowest BCUT2D eigenvalue weighted by molar-refractivity contribution is -0.116. The van der Waals surface area contributed by atoms with Gasteiger partial charge in [0.25, 0.3) is 0 Å².